The van der Waals surface area contributed by atoms with Crippen LogP contribution in [0.2, 0.25) is 0 Å². The Morgan fingerprint density at radius 1 is 1.11 bits per heavy atom. The molecule has 0 spiro atoms. The van der Waals surface area contributed by atoms with Gasteiger partial charge in [-0.05, 0) is 35.7 Å². The van der Waals surface area contributed by atoms with Crippen LogP contribution in [0, 0.1) is 0 Å². The smallest absolute Gasteiger partial charge is 0.234 e. The molecular formula is C21H22N6O. The van der Waals surface area contributed by atoms with Crippen molar-refractivity contribution in [3.8, 4) is 0 Å². The highest BCUT2D eigenvalue weighted by Gasteiger charge is 2.19. The fourth-order valence-electron chi connectivity index (χ4n) is 3.37. The van der Waals surface area contributed by atoms with E-state index in [1.807, 2.05) is 36.2 Å². The van der Waals surface area contributed by atoms with E-state index in [4.69, 9.17) is 0 Å². The van der Waals surface area contributed by atoms with E-state index in [9.17, 15) is 4.79 Å². The molecule has 0 saturated carbocycles. The van der Waals surface area contributed by atoms with Gasteiger partial charge in [-0.25, -0.2) is 9.97 Å². The number of fused-ring (bicyclic) bond motifs is 1. The molecule has 1 N–H and O–H groups in total. The molecule has 1 amide bonds. The third-order valence-corrected chi connectivity index (χ3v) is 4.81. The number of nitrogens with zero attached hydrogens (tertiary/aromatic N) is 5. The lowest BCUT2D eigenvalue weighted by molar-refractivity contribution is -0.114. The van der Waals surface area contributed by atoms with Crippen molar-refractivity contribution >= 4 is 29.2 Å². The summed E-state index contributed by atoms with van der Waals surface area (Å²) in [5, 5.41) is 2.80. The Balaban J connectivity index is 1.56. The van der Waals surface area contributed by atoms with Crippen LogP contribution in [0.1, 0.15) is 18.1 Å². The van der Waals surface area contributed by atoms with Crippen LogP contribution in [0.5, 0.6) is 0 Å². The van der Waals surface area contributed by atoms with Crippen molar-refractivity contribution in [1.29, 1.82) is 0 Å². The first-order valence-corrected chi connectivity index (χ1v) is 9.22. The van der Waals surface area contributed by atoms with E-state index in [0.717, 1.165) is 30.9 Å². The van der Waals surface area contributed by atoms with Crippen molar-refractivity contribution < 1.29 is 4.79 Å². The molecule has 2 aromatic carbocycles. The zero-order valence-electron chi connectivity index (χ0n) is 16.0. The van der Waals surface area contributed by atoms with Gasteiger partial charge in [-0.1, -0.05) is 30.3 Å². The van der Waals surface area contributed by atoms with Gasteiger partial charge < -0.3 is 15.1 Å². The molecule has 142 valence electrons. The maximum Gasteiger partial charge on any atom is 0.234 e. The first-order valence-electron chi connectivity index (χ1n) is 9.22. The maximum absolute atomic E-state index is 11.3. The minimum atomic E-state index is -0.104. The summed E-state index contributed by atoms with van der Waals surface area (Å²) < 4.78 is 0. The Morgan fingerprint density at radius 3 is 2.75 bits per heavy atom. The number of aromatic nitrogens is 3. The highest BCUT2D eigenvalue weighted by Crippen LogP contribution is 2.26. The molecule has 0 aliphatic carbocycles. The first-order chi connectivity index (χ1) is 13.6. The molecule has 1 aliphatic rings. The standard InChI is InChI=1S/C21H22N6O/c1-15(28)24-18-8-5-9-19(12-18)26(2)20-22-14-23-21(25-20)27-11-10-16-6-3-4-7-17(16)13-27/h3-9,12,14H,10-11,13H2,1-2H3,(H,24,28). The summed E-state index contributed by atoms with van der Waals surface area (Å²) in [6, 6.07) is 16.1. The number of amides is 1. The normalized spacial score (nSPS) is 13.0. The molecule has 7 heteroatoms. The lowest BCUT2D eigenvalue weighted by atomic mass is 10.0. The Morgan fingerprint density at radius 2 is 1.93 bits per heavy atom. The van der Waals surface area contributed by atoms with Crippen LogP contribution in [0.15, 0.2) is 54.9 Å². The van der Waals surface area contributed by atoms with Gasteiger partial charge >= 0.3 is 0 Å². The Labute approximate surface area is 164 Å². The van der Waals surface area contributed by atoms with E-state index in [2.05, 4.69) is 49.4 Å². The fourth-order valence-corrected chi connectivity index (χ4v) is 3.37. The molecule has 2 heterocycles. The van der Waals surface area contributed by atoms with Gasteiger partial charge in [0, 0.05) is 38.4 Å². The summed E-state index contributed by atoms with van der Waals surface area (Å²) in [6.07, 6.45) is 2.53. The third kappa shape index (κ3) is 3.78. The molecule has 0 unspecified atom stereocenters. The van der Waals surface area contributed by atoms with Crippen LogP contribution in [0.3, 0.4) is 0 Å². The zero-order chi connectivity index (χ0) is 19.5. The minimum absolute atomic E-state index is 0.104. The Hall–Kier alpha value is -3.48. The van der Waals surface area contributed by atoms with E-state index in [1.54, 1.807) is 6.33 Å². The van der Waals surface area contributed by atoms with Crippen LogP contribution in [-0.2, 0) is 17.8 Å². The van der Waals surface area contributed by atoms with Gasteiger partial charge in [-0.3, -0.25) is 4.79 Å². The van der Waals surface area contributed by atoms with E-state index < -0.39 is 0 Å². The second-order valence-electron chi connectivity index (χ2n) is 6.82. The van der Waals surface area contributed by atoms with Gasteiger partial charge in [-0.15, -0.1) is 0 Å². The fraction of sp³-hybridized carbons (Fsp3) is 0.238. The number of carbonyl (C=O) groups is 1. The van der Waals surface area contributed by atoms with Crippen LogP contribution in [0.4, 0.5) is 23.3 Å². The van der Waals surface area contributed by atoms with Crippen molar-refractivity contribution in [2.75, 3.05) is 28.7 Å². The monoisotopic (exact) mass is 374 g/mol. The number of benzene rings is 2. The van der Waals surface area contributed by atoms with Crippen molar-refractivity contribution in [2.45, 2.75) is 19.9 Å². The van der Waals surface area contributed by atoms with Crippen molar-refractivity contribution in [1.82, 2.24) is 15.0 Å². The van der Waals surface area contributed by atoms with Crippen molar-refractivity contribution in [2.24, 2.45) is 0 Å². The highest BCUT2D eigenvalue weighted by atomic mass is 16.1. The molecule has 0 bridgehead atoms. The number of carbonyl (C=O) groups excluding carboxylic acids is 1. The van der Waals surface area contributed by atoms with Gasteiger partial charge in [0.1, 0.15) is 6.33 Å². The van der Waals surface area contributed by atoms with E-state index >= 15 is 0 Å². The Kier molecular flexibility index (Phi) is 4.89. The number of anilines is 4. The molecule has 0 saturated heterocycles. The van der Waals surface area contributed by atoms with E-state index in [-0.39, 0.29) is 5.91 Å². The average molecular weight is 374 g/mol. The van der Waals surface area contributed by atoms with Gasteiger partial charge in [0.2, 0.25) is 17.8 Å². The summed E-state index contributed by atoms with van der Waals surface area (Å²) in [4.78, 5) is 28.8. The minimum Gasteiger partial charge on any atom is -0.336 e. The first kappa shape index (κ1) is 17.9. The molecule has 1 aromatic heterocycles. The predicted octanol–water partition coefficient (Wildman–Crippen LogP) is 3.16. The van der Waals surface area contributed by atoms with E-state index in [0.29, 0.717) is 11.9 Å². The van der Waals surface area contributed by atoms with Crippen molar-refractivity contribution in [3.63, 3.8) is 0 Å². The van der Waals surface area contributed by atoms with Gasteiger partial charge in [0.05, 0.1) is 0 Å². The number of hydrogen-bond donors (Lipinski definition) is 1. The zero-order valence-corrected chi connectivity index (χ0v) is 16.0. The molecule has 28 heavy (non-hydrogen) atoms. The molecule has 3 aromatic rings. The number of hydrogen-bond acceptors (Lipinski definition) is 6. The Bertz CT molecular complexity index is 1010. The number of rotatable bonds is 4. The number of nitrogens with one attached hydrogen (secondary N) is 1. The molecule has 4 rings (SSSR count). The predicted molar refractivity (Wildman–Crippen MR) is 110 cm³/mol. The topological polar surface area (TPSA) is 74.2 Å². The molecule has 7 nitrogen and oxygen atoms in total. The quantitative estimate of drug-likeness (QED) is 0.756. The van der Waals surface area contributed by atoms with Crippen LogP contribution < -0.4 is 15.1 Å². The SMILES string of the molecule is CC(=O)Nc1cccc(N(C)c2ncnc(N3CCc4ccccc4C3)n2)c1. The third-order valence-electron chi connectivity index (χ3n) is 4.81. The lowest BCUT2D eigenvalue weighted by Gasteiger charge is -2.29. The van der Waals surface area contributed by atoms with Gasteiger partial charge in [0.25, 0.3) is 0 Å². The summed E-state index contributed by atoms with van der Waals surface area (Å²) in [6.45, 7) is 3.16. The maximum atomic E-state index is 11.3. The van der Waals surface area contributed by atoms with Crippen molar-refractivity contribution in [3.05, 3.63) is 66.0 Å². The highest BCUT2D eigenvalue weighted by molar-refractivity contribution is 5.89. The molecule has 0 fully saturated rings. The van der Waals surface area contributed by atoms with Gasteiger partial charge in [-0.2, -0.15) is 4.98 Å². The summed E-state index contributed by atoms with van der Waals surface area (Å²) in [5.41, 5.74) is 4.32. The second-order valence-corrected chi connectivity index (χ2v) is 6.82. The van der Waals surface area contributed by atoms with Crippen LogP contribution >= 0.6 is 0 Å². The van der Waals surface area contributed by atoms with Crippen LogP contribution in [-0.4, -0.2) is 34.5 Å². The van der Waals surface area contributed by atoms with E-state index in [1.165, 1.54) is 18.1 Å². The summed E-state index contributed by atoms with van der Waals surface area (Å²) in [5.74, 6) is 1.13. The molecule has 1 aliphatic heterocycles. The summed E-state index contributed by atoms with van der Waals surface area (Å²) in [7, 11) is 1.90. The van der Waals surface area contributed by atoms with Gasteiger partial charge in [0.15, 0.2) is 0 Å². The molecule has 0 atom stereocenters. The summed E-state index contributed by atoms with van der Waals surface area (Å²) >= 11 is 0. The molecular weight excluding hydrogens is 352 g/mol. The van der Waals surface area contributed by atoms with Crippen LogP contribution in [0.25, 0.3) is 0 Å². The average Bonchev–Trinajstić information content (AvgIpc) is 2.72. The molecule has 0 radical (unpaired) electrons. The second kappa shape index (κ2) is 7.64. The largest absolute Gasteiger partial charge is 0.336 e. The lowest BCUT2D eigenvalue weighted by Crippen LogP contribution is -2.32.